The molecule has 0 saturated carbocycles. The molecule has 1 unspecified atom stereocenters. The Hall–Kier alpha value is -2.04. The number of carboxylic acids is 1. The van der Waals surface area contributed by atoms with Gasteiger partial charge in [0.05, 0.1) is 6.04 Å². The Balaban J connectivity index is 2.29. The van der Waals surface area contributed by atoms with Crippen LogP contribution in [0.2, 0.25) is 0 Å². The molecule has 1 fully saturated rings. The van der Waals surface area contributed by atoms with Crippen LogP contribution in [0.4, 0.5) is 4.79 Å². The summed E-state index contributed by atoms with van der Waals surface area (Å²) in [6, 6.07) is 8.41. The molecular weight excluding hydrogens is 270 g/mol. The van der Waals surface area contributed by atoms with Gasteiger partial charge in [0, 0.05) is 0 Å². The number of aliphatic carboxylic acids is 1. The molecule has 0 radical (unpaired) electrons. The third-order valence-electron chi connectivity index (χ3n) is 3.46. The number of carbonyl (C=O) groups excluding carboxylic acids is 1. The van der Waals surface area contributed by atoms with Crippen LogP contribution in [0, 0.1) is 0 Å². The molecule has 5 heteroatoms. The molecule has 1 aromatic rings. The lowest BCUT2D eigenvalue weighted by molar-refractivity contribution is -0.142. The minimum atomic E-state index is -0.987. The normalized spacial score (nSPS) is 22.1. The van der Waals surface area contributed by atoms with E-state index in [1.165, 1.54) is 4.90 Å². The first kappa shape index (κ1) is 15.4. The zero-order chi connectivity index (χ0) is 15.6. The molecule has 0 aliphatic carbocycles. The Kier molecular flexibility index (Phi) is 4.21. The van der Waals surface area contributed by atoms with Gasteiger partial charge in [0.15, 0.2) is 0 Å². The maximum Gasteiger partial charge on any atom is 0.411 e. The number of likely N-dealkylation sites (tertiary alicyclic amines) is 1. The largest absolute Gasteiger partial charge is 0.480 e. The molecule has 0 spiro atoms. The van der Waals surface area contributed by atoms with Gasteiger partial charge in [-0.1, -0.05) is 30.3 Å². The number of hydrogen-bond donors (Lipinski definition) is 1. The van der Waals surface area contributed by atoms with Crippen molar-refractivity contribution >= 4 is 12.1 Å². The minimum Gasteiger partial charge on any atom is -0.480 e. The van der Waals surface area contributed by atoms with E-state index in [9.17, 15) is 14.7 Å². The van der Waals surface area contributed by atoms with Gasteiger partial charge in [-0.2, -0.15) is 0 Å². The first-order valence-corrected chi connectivity index (χ1v) is 7.08. The van der Waals surface area contributed by atoms with Crippen molar-refractivity contribution in [3.8, 4) is 0 Å². The number of hydrogen-bond acceptors (Lipinski definition) is 3. The summed E-state index contributed by atoms with van der Waals surface area (Å²) in [4.78, 5) is 25.2. The van der Waals surface area contributed by atoms with Gasteiger partial charge in [0.25, 0.3) is 0 Å². The van der Waals surface area contributed by atoms with E-state index in [0.29, 0.717) is 12.8 Å². The predicted molar refractivity (Wildman–Crippen MR) is 77.9 cm³/mol. The molecule has 114 valence electrons. The molecule has 1 N–H and O–H groups in total. The van der Waals surface area contributed by atoms with Crippen molar-refractivity contribution < 1.29 is 19.4 Å². The second-order valence-electron chi connectivity index (χ2n) is 6.25. The van der Waals surface area contributed by atoms with Crippen LogP contribution in [0.3, 0.4) is 0 Å². The molecular formula is C16H21NO4. The average Bonchev–Trinajstić information content (AvgIpc) is 2.82. The van der Waals surface area contributed by atoms with Gasteiger partial charge in [-0.05, 0) is 39.2 Å². The predicted octanol–water partition coefficient (Wildman–Crippen LogP) is 3.21. The van der Waals surface area contributed by atoms with E-state index in [1.807, 2.05) is 30.3 Å². The highest BCUT2D eigenvalue weighted by molar-refractivity contribution is 5.81. The number of amides is 1. The zero-order valence-electron chi connectivity index (χ0n) is 12.6. The molecule has 1 aromatic carbocycles. The van der Waals surface area contributed by atoms with Crippen molar-refractivity contribution in [2.75, 3.05) is 0 Å². The van der Waals surface area contributed by atoms with Crippen LogP contribution < -0.4 is 0 Å². The lowest BCUT2D eigenvalue weighted by Crippen LogP contribution is -2.44. The maximum atomic E-state index is 12.4. The van der Waals surface area contributed by atoms with Crippen molar-refractivity contribution in [1.82, 2.24) is 4.90 Å². The summed E-state index contributed by atoms with van der Waals surface area (Å²) >= 11 is 0. The summed E-state index contributed by atoms with van der Waals surface area (Å²) in [6.45, 7) is 5.32. The van der Waals surface area contributed by atoms with Crippen molar-refractivity contribution in [3.05, 3.63) is 35.9 Å². The Morgan fingerprint density at radius 2 is 1.81 bits per heavy atom. The second kappa shape index (κ2) is 5.76. The molecule has 0 bridgehead atoms. The number of nitrogens with zero attached hydrogens (tertiary/aromatic N) is 1. The third kappa shape index (κ3) is 3.54. The molecule has 0 aromatic heterocycles. The molecule has 1 saturated heterocycles. The van der Waals surface area contributed by atoms with Gasteiger partial charge in [-0.15, -0.1) is 0 Å². The summed E-state index contributed by atoms with van der Waals surface area (Å²) in [7, 11) is 0. The van der Waals surface area contributed by atoms with E-state index in [2.05, 4.69) is 0 Å². The second-order valence-corrected chi connectivity index (χ2v) is 6.25. The minimum absolute atomic E-state index is 0.248. The smallest absolute Gasteiger partial charge is 0.411 e. The monoisotopic (exact) mass is 291 g/mol. The average molecular weight is 291 g/mol. The molecule has 1 aliphatic rings. The summed E-state index contributed by atoms with van der Waals surface area (Å²) < 4.78 is 5.38. The first-order valence-electron chi connectivity index (χ1n) is 7.08. The quantitative estimate of drug-likeness (QED) is 0.908. The summed E-state index contributed by atoms with van der Waals surface area (Å²) in [5.41, 5.74) is 0.288. The highest BCUT2D eigenvalue weighted by Crippen LogP contribution is 2.37. The summed E-state index contributed by atoms with van der Waals surface area (Å²) in [5, 5.41) is 9.35. The van der Waals surface area contributed by atoms with Crippen LogP contribution in [0.25, 0.3) is 0 Å². The van der Waals surface area contributed by atoms with E-state index in [1.54, 1.807) is 20.8 Å². The molecule has 21 heavy (non-hydrogen) atoms. The van der Waals surface area contributed by atoms with Gasteiger partial charge in [-0.25, -0.2) is 9.59 Å². The lowest BCUT2D eigenvalue weighted by atomic mass is 10.1. The van der Waals surface area contributed by atoms with Gasteiger partial charge in [0.2, 0.25) is 0 Å². The Morgan fingerprint density at radius 1 is 1.19 bits per heavy atom. The fourth-order valence-corrected chi connectivity index (χ4v) is 2.63. The van der Waals surface area contributed by atoms with Gasteiger partial charge in [0.1, 0.15) is 11.6 Å². The number of carbonyl (C=O) groups is 2. The van der Waals surface area contributed by atoms with Crippen molar-refractivity contribution in [2.24, 2.45) is 0 Å². The van der Waals surface area contributed by atoms with E-state index in [4.69, 9.17) is 4.74 Å². The standard InChI is InChI=1S/C16H21NO4/c1-16(2,3)21-15(20)17-12(9-10-13(17)14(18)19)11-7-5-4-6-8-11/h4-8,12-13H,9-10H2,1-3H3,(H,18,19)/t12?,13-/m0/s1. The first-order chi connectivity index (χ1) is 9.79. The van der Waals surface area contributed by atoms with Crippen LogP contribution in [0.1, 0.15) is 45.2 Å². The molecule has 2 rings (SSSR count). The molecule has 1 heterocycles. The van der Waals surface area contributed by atoms with E-state index < -0.39 is 23.7 Å². The number of benzene rings is 1. The maximum absolute atomic E-state index is 12.4. The Bertz CT molecular complexity index is 521. The van der Waals surface area contributed by atoms with Crippen LogP contribution in [0.15, 0.2) is 30.3 Å². The van der Waals surface area contributed by atoms with E-state index in [0.717, 1.165) is 5.56 Å². The van der Waals surface area contributed by atoms with Crippen LogP contribution in [-0.4, -0.2) is 33.7 Å². The fraction of sp³-hybridized carbons (Fsp3) is 0.500. The van der Waals surface area contributed by atoms with Gasteiger partial charge < -0.3 is 9.84 Å². The van der Waals surface area contributed by atoms with Crippen LogP contribution in [0.5, 0.6) is 0 Å². The Labute approximate surface area is 124 Å². The Morgan fingerprint density at radius 3 is 2.33 bits per heavy atom. The summed E-state index contributed by atoms with van der Waals surface area (Å²) in [5.74, 6) is -0.987. The molecule has 1 aliphatic heterocycles. The van der Waals surface area contributed by atoms with E-state index >= 15 is 0 Å². The molecule has 2 atom stereocenters. The highest BCUT2D eigenvalue weighted by Gasteiger charge is 2.43. The zero-order valence-corrected chi connectivity index (χ0v) is 12.6. The summed E-state index contributed by atoms with van der Waals surface area (Å²) in [6.07, 6.45) is 0.496. The van der Waals surface area contributed by atoms with E-state index in [-0.39, 0.29) is 6.04 Å². The topological polar surface area (TPSA) is 66.8 Å². The van der Waals surface area contributed by atoms with Crippen molar-refractivity contribution in [3.63, 3.8) is 0 Å². The fourth-order valence-electron chi connectivity index (χ4n) is 2.63. The van der Waals surface area contributed by atoms with Gasteiger partial charge in [-0.3, -0.25) is 4.90 Å². The lowest BCUT2D eigenvalue weighted by Gasteiger charge is -2.31. The number of rotatable bonds is 2. The molecule has 1 amide bonds. The van der Waals surface area contributed by atoms with Crippen molar-refractivity contribution in [1.29, 1.82) is 0 Å². The SMILES string of the molecule is CC(C)(C)OC(=O)N1C(c2ccccc2)CC[C@H]1C(=O)O. The molecule has 5 nitrogen and oxygen atoms in total. The van der Waals surface area contributed by atoms with Crippen molar-refractivity contribution in [2.45, 2.75) is 51.3 Å². The van der Waals surface area contributed by atoms with Crippen LogP contribution in [-0.2, 0) is 9.53 Å². The van der Waals surface area contributed by atoms with Crippen LogP contribution >= 0.6 is 0 Å². The number of ether oxygens (including phenoxy) is 1. The van der Waals surface area contributed by atoms with Gasteiger partial charge >= 0.3 is 12.1 Å². The third-order valence-corrected chi connectivity index (χ3v) is 3.46. The highest BCUT2D eigenvalue weighted by atomic mass is 16.6. The number of carboxylic acid groups (broad SMARTS) is 1.